The Morgan fingerprint density at radius 3 is 2.29 bits per heavy atom. The van der Waals surface area contributed by atoms with Crippen LogP contribution in [0.2, 0.25) is 0 Å². The molecule has 1 N–H and O–H groups in total. The van der Waals surface area contributed by atoms with Crippen LogP contribution in [0.4, 0.5) is 10.1 Å². The summed E-state index contributed by atoms with van der Waals surface area (Å²) in [5.41, 5.74) is 2.20. The summed E-state index contributed by atoms with van der Waals surface area (Å²) in [5, 5.41) is 2.62. The number of rotatable bonds is 3. The molecule has 4 nitrogen and oxygen atoms in total. The number of hydrogen-bond acceptors (Lipinski definition) is 3. The Morgan fingerprint density at radius 1 is 1.05 bits per heavy atom. The van der Waals surface area contributed by atoms with Gasteiger partial charge in [-0.25, -0.2) is 9.18 Å². The number of carbonyl (C=O) groups excluding carboxylic acids is 2. The van der Waals surface area contributed by atoms with Gasteiger partial charge < -0.3 is 10.1 Å². The van der Waals surface area contributed by atoms with Crippen LogP contribution in [0.15, 0.2) is 42.5 Å². The Morgan fingerprint density at radius 2 is 1.71 bits per heavy atom. The van der Waals surface area contributed by atoms with Crippen molar-refractivity contribution >= 4 is 17.6 Å². The molecule has 0 aliphatic carbocycles. The van der Waals surface area contributed by atoms with Crippen molar-refractivity contribution in [3.63, 3.8) is 0 Å². The van der Waals surface area contributed by atoms with Crippen molar-refractivity contribution in [3.8, 4) is 11.1 Å². The van der Waals surface area contributed by atoms with Crippen LogP contribution < -0.4 is 5.32 Å². The lowest BCUT2D eigenvalue weighted by Gasteiger charge is -2.09. The molecule has 0 fully saturated rings. The fraction of sp³-hybridized carbons (Fsp3) is 0.125. The second kappa shape index (κ2) is 6.17. The van der Waals surface area contributed by atoms with Gasteiger partial charge in [-0.15, -0.1) is 0 Å². The first kappa shape index (κ1) is 14.7. The van der Waals surface area contributed by atoms with Gasteiger partial charge in [-0.1, -0.05) is 12.1 Å². The summed E-state index contributed by atoms with van der Waals surface area (Å²) >= 11 is 0. The summed E-state index contributed by atoms with van der Waals surface area (Å²) in [4.78, 5) is 22.9. The van der Waals surface area contributed by atoms with Crippen molar-refractivity contribution in [1.29, 1.82) is 0 Å². The van der Waals surface area contributed by atoms with Gasteiger partial charge in [0.1, 0.15) is 5.82 Å². The SMILES string of the molecule is COC(=O)c1cc(NC(C)=O)cc(-c2ccc(F)cc2)c1. The zero-order valence-corrected chi connectivity index (χ0v) is 11.6. The maximum absolute atomic E-state index is 13.0. The van der Waals surface area contributed by atoms with Crippen molar-refractivity contribution in [3.05, 3.63) is 53.8 Å². The van der Waals surface area contributed by atoms with E-state index in [1.165, 1.54) is 32.2 Å². The highest BCUT2D eigenvalue weighted by molar-refractivity contribution is 5.95. The minimum absolute atomic E-state index is 0.248. The van der Waals surface area contributed by atoms with Gasteiger partial charge >= 0.3 is 5.97 Å². The monoisotopic (exact) mass is 287 g/mol. The molecule has 0 aliphatic heterocycles. The van der Waals surface area contributed by atoms with Gasteiger partial charge in [0.25, 0.3) is 0 Å². The fourth-order valence-electron chi connectivity index (χ4n) is 1.95. The standard InChI is InChI=1S/C16H14FNO3/c1-10(19)18-15-8-12(7-13(9-15)16(20)21-2)11-3-5-14(17)6-4-11/h3-9H,1-2H3,(H,18,19). The molecule has 2 aromatic carbocycles. The quantitative estimate of drug-likeness (QED) is 0.882. The lowest BCUT2D eigenvalue weighted by Crippen LogP contribution is -2.08. The Kier molecular flexibility index (Phi) is 4.33. The van der Waals surface area contributed by atoms with E-state index in [4.69, 9.17) is 4.74 Å². The number of anilines is 1. The topological polar surface area (TPSA) is 55.4 Å². The summed E-state index contributed by atoms with van der Waals surface area (Å²) in [6.07, 6.45) is 0. The Labute approximate surface area is 121 Å². The average Bonchev–Trinajstić information content (AvgIpc) is 2.46. The molecule has 0 atom stereocenters. The van der Waals surface area contributed by atoms with E-state index in [0.29, 0.717) is 16.8 Å². The molecule has 5 heteroatoms. The van der Waals surface area contributed by atoms with Crippen LogP contribution in [0, 0.1) is 5.82 Å². The molecule has 2 aromatic rings. The molecule has 0 saturated carbocycles. The van der Waals surface area contributed by atoms with Gasteiger partial charge in [0.2, 0.25) is 5.91 Å². The zero-order chi connectivity index (χ0) is 15.4. The van der Waals surface area contributed by atoms with Crippen LogP contribution >= 0.6 is 0 Å². The first-order chi connectivity index (χ1) is 9.99. The van der Waals surface area contributed by atoms with E-state index in [0.717, 1.165) is 5.56 Å². The predicted molar refractivity (Wildman–Crippen MR) is 77.5 cm³/mol. The van der Waals surface area contributed by atoms with Crippen molar-refractivity contribution in [2.45, 2.75) is 6.92 Å². The average molecular weight is 287 g/mol. The second-order valence-corrected chi connectivity index (χ2v) is 4.48. The number of benzene rings is 2. The van der Waals surface area contributed by atoms with Crippen molar-refractivity contribution in [1.82, 2.24) is 0 Å². The van der Waals surface area contributed by atoms with Crippen molar-refractivity contribution < 1.29 is 18.7 Å². The minimum atomic E-state index is -0.509. The maximum atomic E-state index is 13.0. The van der Waals surface area contributed by atoms with E-state index >= 15 is 0 Å². The van der Waals surface area contributed by atoms with Crippen LogP contribution in [-0.2, 0) is 9.53 Å². The molecule has 0 heterocycles. The van der Waals surface area contributed by atoms with E-state index in [1.807, 2.05) is 0 Å². The molecule has 0 aliphatic rings. The van der Waals surface area contributed by atoms with Gasteiger partial charge in [0.05, 0.1) is 12.7 Å². The Balaban J connectivity index is 2.50. The number of halogens is 1. The summed E-state index contributed by atoms with van der Waals surface area (Å²) in [6, 6.07) is 10.7. The molecule has 0 bridgehead atoms. The largest absolute Gasteiger partial charge is 0.465 e. The highest BCUT2D eigenvalue weighted by Gasteiger charge is 2.11. The normalized spacial score (nSPS) is 10.0. The molecule has 21 heavy (non-hydrogen) atoms. The van der Waals surface area contributed by atoms with Crippen LogP contribution in [0.5, 0.6) is 0 Å². The zero-order valence-electron chi connectivity index (χ0n) is 11.6. The lowest BCUT2D eigenvalue weighted by molar-refractivity contribution is -0.114. The molecule has 0 radical (unpaired) electrons. The Bertz CT molecular complexity index is 680. The van der Waals surface area contributed by atoms with Gasteiger partial charge in [-0.05, 0) is 41.5 Å². The van der Waals surface area contributed by atoms with Gasteiger partial charge in [0.15, 0.2) is 0 Å². The number of carbonyl (C=O) groups is 2. The first-order valence-electron chi connectivity index (χ1n) is 6.26. The molecule has 108 valence electrons. The highest BCUT2D eigenvalue weighted by atomic mass is 19.1. The molecule has 0 saturated heterocycles. The van der Waals surface area contributed by atoms with Crippen LogP contribution in [0.3, 0.4) is 0 Å². The summed E-state index contributed by atoms with van der Waals surface area (Å²) in [5.74, 6) is -1.10. The summed E-state index contributed by atoms with van der Waals surface area (Å²) in [6.45, 7) is 1.38. The fourth-order valence-corrected chi connectivity index (χ4v) is 1.95. The predicted octanol–water partition coefficient (Wildman–Crippen LogP) is 3.24. The van der Waals surface area contributed by atoms with Gasteiger partial charge in [0, 0.05) is 12.6 Å². The highest BCUT2D eigenvalue weighted by Crippen LogP contribution is 2.25. The number of esters is 1. The molecule has 1 amide bonds. The van der Waals surface area contributed by atoms with E-state index in [-0.39, 0.29) is 11.7 Å². The number of amides is 1. The summed E-state index contributed by atoms with van der Waals surface area (Å²) in [7, 11) is 1.28. The molecule has 2 rings (SSSR count). The van der Waals surface area contributed by atoms with Crippen molar-refractivity contribution in [2.24, 2.45) is 0 Å². The number of hydrogen-bond donors (Lipinski definition) is 1. The number of nitrogens with one attached hydrogen (secondary N) is 1. The van der Waals surface area contributed by atoms with E-state index in [9.17, 15) is 14.0 Å². The van der Waals surface area contributed by atoms with Crippen LogP contribution in [-0.4, -0.2) is 19.0 Å². The van der Waals surface area contributed by atoms with Crippen molar-refractivity contribution in [2.75, 3.05) is 12.4 Å². The maximum Gasteiger partial charge on any atom is 0.337 e. The van der Waals surface area contributed by atoms with Crippen LogP contribution in [0.25, 0.3) is 11.1 Å². The van der Waals surface area contributed by atoms with E-state index < -0.39 is 5.97 Å². The third-order valence-corrected chi connectivity index (χ3v) is 2.85. The molecule has 0 unspecified atom stereocenters. The van der Waals surface area contributed by atoms with Crippen LogP contribution in [0.1, 0.15) is 17.3 Å². The van der Waals surface area contributed by atoms with E-state index in [2.05, 4.69) is 5.32 Å². The smallest absolute Gasteiger partial charge is 0.337 e. The third kappa shape index (κ3) is 3.66. The van der Waals surface area contributed by atoms with E-state index in [1.54, 1.807) is 24.3 Å². The third-order valence-electron chi connectivity index (χ3n) is 2.85. The van der Waals surface area contributed by atoms with Gasteiger partial charge in [-0.3, -0.25) is 4.79 Å². The second-order valence-electron chi connectivity index (χ2n) is 4.48. The number of methoxy groups -OCH3 is 1. The Hall–Kier alpha value is -2.69. The molecule has 0 aromatic heterocycles. The summed E-state index contributed by atoms with van der Waals surface area (Å²) < 4.78 is 17.7. The minimum Gasteiger partial charge on any atom is -0.465 e. The molecular formula is C16H14FNO3. The molecule has 0 spiro atoms. The van der Waals surface area contributed by atoms with Gasteiger partial charge in [-0.2, -0.15) is 0 Å². The number of ether oxygens (including phenoxy) is 1. The lowest BCUT2D eigenvalue weighted by atomic mass is 10.0. The first-order valence-corrected chi connectivity index (χ1v) is 6.26. The molecular weight excluding hydrogens is 273 g/mol.